The first kappa shape index (κ1) is 16.0. The molecule has 0 aliphatic heterocycles. The van der Waals surface area contributed by atoms with Gasteiger partial charge in [0, 0.05) is 18.1 Å². The first-order chi connectivity index (χ1) is 10.8. The molecule has 4 heteroatoms. The molecule has 0 radical (unpaired) electrons. The van der Waals surface area contributed by atoms with Crippen molar-refractivity contribution in [2.75, 3.05) is 0 Å². The average molecular weight is 297 g/mol. The lowest BCUT2D eigenvalue weighted by Gasteiger charge is -2.10. The van der Waals surface area contributed by atoms with Crippen LogP contribution in [-0.4, -0.2) is 16.2 Å². The highest BCUT2D eigenvalue weighted by Gasteiger charge is 2.11. The molecule has 2 aromatic rings. The number of para-hydroxylation sites is 1. The number of amides is 1. The van der Waals surface area contributed by atoms with Crippen molar-refractivity contribution in [3.63, 3.8) is 0 Å². The summed E-state index contributed by atoms with van der Waals surface area (Å²) in [6, 6.07) is 11.4. The van der Waals surface area contributed by atoms with Crippen molar-refractivity contribution in [1.82, 2.24) is 9.99 Å². The maximum atomic E-state index is 12.4. The summed E-state index contributed by atoms with van der Waals surface area (Å²) >= 11 is 0. The number of nitrogens with zero attached hydrogens (tertiary/aromatic N) is 2. The topological polar surface area (TPSA) is 46.4 Å². The fourth-order valence-corrected chi connectivity index (χ4v) is 2.39. The Balaban J connectivity index is 2.18. The van der Waals surface area contributed by atoms with Gasteiger partial charge in [0.1, 0.15) is 0 Å². The van der Waals surface area contributed by atoms with E-state index in [4.69, 9.17) is 0 Å². The molecular weight excluding hydrogens is 274 g/mol. The average Bonchev–Trinajstić information content (AvgIpc) is 3.07. The van der Waals surface area contributed by atoms with Gasteiger partial charge >= 0.3 is 0 Å². The second kappa shape index (κ2) is 8.17. The molecule has 0 saturated carbocycles. The van der Waals surface area contributed by atoms with E-state index in [9.17, 15) is 4.79 Å². The van der Waals surface area contributed by atoms with Crippen LogP contribution in [0.1, 0.15) is 49.9 Å². The van der Waals surface area contributed by atoms with Gasteiger partial charge in [-0.25, -0.2) is 5.43 Å². The number of aromatic nitrogens is 1. The van der Waals surface area contributed by atoms with Crippen LogP contribution in [0.25, 0.3) is 5.69 Å². The molecule has 1 amide bonds. The second-order valence-electron chi connectivity index (χ2n) is 5.23. The molecule has 0 fully saturated rings. The monoisotopic (exact) mass is 297 g/mol. The van der Waals surface area contributed by atoms with Crippen molar-refractivity contribution in [2.45, 2.75) is 39.5 Å². The molecule has 1 aromatic carbocycles. The van der Waals surface area contributed by atoms with Crippen LogP contribution in [0.5, 0.6) is 0 Å². The number of benzene rings is 1. The molecule has 0 saturated heterocycles. The third-order valence-corrected chi connectivity index (χ3v) is 3.42. The van der Waals surface area contributed by atoms with Gasteiger partial charge in [-0.15, -0.1) is 0 Å². The van der Waals surface area contributed by atoms with Gasteiger partial charge < -0.3 is 4.57 Å². The smallest absolute Gasteiger partial charge is 0.273 e. The molecule has 1 aromatic heterocycles. The standard InChI is InChI=1S/C18H23N3O/c1-3-9-15(10-4-2)19-20-18(22)16-11-5-6-12-17(16)21-13-7-8-14-21/h5-8,11-14H,3-4,9-10H2,1-2H3,(H,20,22). The van der Waals surface area contributed by atoms with Crippen LogP contribution in [-0.2, 0) is 0 Å². The zero-order valence-corrected chi connectivity index (χ0v) is 13.2. The summed E-state index contributed by atoms with van der Waals surface area (Å²) in [4.78, 5) is 12.4. The zero-order valence-electron chi connectivity index (χ0n) is 13.2. The number of hydrogen-bond acceptors (Lipinski definition) is 2. The summed E-state index contributed by atoms with van der Waals surface area (Å²) in [6.45, 7) is 4.24. The Hall–Kier alpha value is -2.36. The minimum atomic E-state index is -0.172. The highest BCUT2D eigenvalue weighted by Crippen LogP contribution is 2.14. The first-order valence-corrected chi connectivity index (χ1v) is 7.84. The molecule has 22 heavy (non-hydrogen) atoms. The summed E-state index contributed by atoms with van der Waals surface area (Å²) in [5, 5.41) is 4.31. The van der Waals surface area contributed by atoms with E-state index in [1.165, 1.54) is 0 Å². The molecule has 0 aliphatic rings. The van der Waals surface area contributed by atoms with E-state index in [1.807, 2.05) is 53.4 Å². The third kappa shape index (κ3) is 4.07. The van der Waals surface area contributed by atoms with Crippen molar-refractivity contribution < 1.29 is 4.79 Å². The molecule has 116 valence electrons. The number of carbonyl (C=O) groups is 1. The second-order valence-corrected chi connectivity index (χ2v) is 5.23. The zero-order chi connectivity index (χ0) is 15.8. The Labute approximate surface area is 131 Å². The predicted octanol–water partition coefficient (Wildman–Crippen LogP) is 4.16. The number of hydrogen-bond donors (Lipinski definition) is 1. The molecule has 0 aliphatic carbocycles. The van der Waals surface area contributed by atoms with Gasteiger partial charge in [-0.2, -0.15) is 5.10 Å². The number of hydrazone groups is 1. The maximum Gasteiger partial charge on any atom is 0.273 e. The summed E-state index contributed by atoms with van der Waals surface area (Å²) in [5.74, 6) is -0.172. The summed E-state index contributed by atoms with van der Waals surface area (Å²) in [5.41, 5.74) is 5.23. The SMILES string of the molecule is CCCC(CCC)=NNC(=O)c1ccccc1-n1cccc1. The maximum absolute atomic E-state index is 12.4. The van der Waals surface area contributed by atoms with Crippen LogP contribution < -0.4 is 5.43 Å². The van der Waals surface area contributed by atoms with Crippen molar-refractivity contribution in [3.05, 3.63) is 54.4 Å². The number of nitrogens with one attached hydrogen (secondary N) is 1. The molecular formula is C18H23N3O. The Morgan fingerprint density at radius 3 is 2.32 bits per heavy atom. The first-order valence-electron chi connectivity index (χ1n) is 7.84. The Morgan fingerprint density at radius 2 is 1.68 bits per heavy atom. The van der Waals surface area contributed by atoms with E-state index in [0.29, 0.717) is 5.56 Å². The molecule has 0 spiro atoms. The molecule has 0 unspecified atom stereocenters. The van der Waals surface area contributed by atoms with Gasteiger partial charge in [-0.05, 0) is 37.1 Å². The minimum absolute atomic E-state index is 0.172. The van der Waals surface area contributed by atoms with Gasteiger partial charge in [0.15, 0.2) is 0 Å². The summed E-state index contributed by atoms with van der Waals surface area (Å²) < 4.78 is 1.93. The van der Waals surface area contributed by atoms with E-state index in [2.05, 4.69) is 24.4 Å². The Morgan fingerprint density at radius 1 is 1.05 bits per heavy atom. The van der Waals surface area contributed by atoms with E-state index in [-0.39, 0.29) is 5.91 Å². The fourth-order valence-electron chi connectivity index (χ4n) is 2.39. The van der Waals surface area contributed by atoms with Crippen LogP contribution >= 0.6 is 0 Å². The molecule has 1 N–H and O–H groups in total. The van der Waals surface area contributed by atoms with Gasteiger partial charge in [-0.1, -0.05) is 38.8 Å². The van der Waals surface area contributed by atoms with E-state index in [0.717, 1.165) is 37.1 Å². The van der Waals surface area contributed by atoms with E-state index < -0.39 is 0 Å². The number of rotatable bonds is 7. The van der Waals surface area contributed by atoms with Crippen molar-refractivity contribution in [3.8, 4) is 5.69 Å². The highest BCUT2D eigenvalue weighted by atomic mass is 16.2. The van der Waals surface area contributed by atoms with Gasteiger partial charge in [0.25, 0.3) is 5.91 Å². The van der Waals surface area contributed by atoms with Crippen LogP contribution in [0.3, 0.4) is 0 Å². The van der Waals surface area contributed by atoms with Crippen LogP contribution in [0.2, 0.25) is 0 Å². The molecule has 4 nitrogen and oxygen atoms in total. The lowest BCUT2D eigenvalue weighted by Crippen LogP contribution is -2.21. The lowest BCUT2D eigenvalue weighted by atomic mass is 10.1. The molecule has 2 rings (SSSR count). The summed E-state index contributed by atoms with van der Waals surface area (Å²) in [6.07, 6.45) is 7.77. The van der Waals surface area contributed by atoms with Crippen LogP contribution in [0.4, 0.5) is 0 Å². The molecule has 1 heterocycles. The lowest BCUT2D eigenvalue weighted by molar-refractivity contribution is 0.0954. The number of carbonyl (C=O) groups excluding carboxylic acids is 1. The van der Waals surface area contributed by atoms with Gasteiger partial charge in [0.05, 0.1) is 11.3 Å². The van der Waals surface area contributed by atoms with Gasteiger partial charge in [-0.3, -0.25) is 4.79 Å². The van der Waals surface area contributed by atoms with E-state index in [1.54, 1.807) is 0 Å². The van der Waals surface area contributed by atoms with Crippen LogP contribution in [0.15, 0.2) is 53.9 Å². The fraction of sp³-hybridized carbons (Fsp3) is 0.333. The summed E-state index contributed by atoms with van der Waals surface area (Å²) in [7, 11) is 0. The van der Waals surface area contributed by atoms with Crippen molar-refractivity contribution >= 4 is 11.6 Å². The largest absolute Gasteiger partial charge is 0.323 e. The highest BCUT2D eigenvalue weighted by molar-refractivity contribution is 5.98. The van der Waals surface area contributed by atoms with Crippen molar-refractivity contribution in [2.24, 2.45) is 5.10 Å². The van der Waals surface area contributed by atoms with E-state index >= 15 is 0 Å². The Kier molecular flexibility index (Phi) is 5.95. The third-order valence-electron chi connectivity index (χ3n) is 3.42. The van der Waals surface area contributed by atoms with Crippen LogP contribution in [0, 0.1) is 0 Å². The molecule has 0 bridgehead atoms. The molecule has 0 atom stereocenters. The quantitative estimate of drug-likeness (QED) is 0.605. The van der Waals surface area contributed by atoms with Gasteiger partial charge in [0.2, 0.25) is 0 Å². The van der Waals surface area contributed by atoms with Crippen molar-refractivity contribution in [1.29, 1.82) is 0 Å². The normalized spacial score (nSPS) is 10.3. The Bertz CT molecular complexity index is 622. The minimum Gasteiger partial charge on any atom is -0.323 e. The predicted molar refractivity (Wildman–Crippen MR) is 90.5 cm³/mol.